The molecule has 0 amide bonds. The lowest BCUT2D eigenvalue weighted by Crippen LogP contribution is -2.54. The molecule has 1 aromatic heterocycles. The van der Waals surface area contributed by atoms with Crippen molar-refractivity contribution >= 4 is 17.3 Å². The van der Waals surface area contributed by atoms with Gasteiger partial charge < -0.3 is 20.1 Å². The summed E-state index contributed by atoms with van der Waals surface area (Å²) in [7, 11) is 2.13. The molecule has 1 saturated carbocycles. The average molecular weight is 525 g/mol. The normalized spacial score (nSPS) is 31.6. The Labute approximate surface area is 226 Å². The standard InChI is InChI=1S/C29H44N6O3/c1-18-16-35(17-19(2)31-18)24-15-25(38-20(3)22-10-8-14-34(22)4)33-28(32-24)26(30)21-9-7-13-29(27(21)37)12-6-5-11-23(29)36/h15,18-20,22,30-31,37H,5-14,16-17H2,1-4H3/t18-,19-,20-,22-,29+/m0/s1. The first kappa shape index (κ1) is 27.1. The Morgan fingerprint density at radius 3 is 2.58 bits per heavy atom. The van der Waals surface area contributed by atoms with Gasteiger partial charge in [-0.3, -0.25) is 15.1 Å². The van der Waals surface area contributed by atoms with E-state index in [1.54, 1.807) is 0 Å². The number of nitrogens with zero attached hydrogens (tertiary/aromatic N) is 4. The Balaban J connectivity index is 1.50. The molecule has 9 heteroatoms. The second-order valence-electron chi connectivity index (χ2n) is 12.0. The van der Waals surface area contributed by atoms with Gasteiger partial charge in [-0.15, -0.1) is 0 Å². The predicted octanol–water partition coefficient (Wildman–Crippen LogP) is 4.02. The molecule has 3 N–H and O–H groups in total. The van der Waals surface area contributed by atoms with Crippen molar-refractivity contribution < 1.29 is 14.6 Å². The molecule has 2 aliphatic heterocycles. The number of hydrogen-bond acceptors (Lipinski definition) is 9. The van der Waals surface area contributed by atoms with Gasteiger partial charge in [-0.25, -0.2) is 4.98 Å². The number of ether oxygens (including phenoxy) is 1. The summed E-state index contributed by atoms with van der Waals surface area (Å²) in [6.45, 7) is 9.05. The number of aromatic nitrogens is 2. The third kappa shape index (κ3) is 5.19. The van der Waals surface area contributed by atoms with E-state index in [9.17, 15) is 9.90 Å². The van der Waals surface area contributed by atoms with Crippen molar-refractivity contribution in [1.82, 2.24) is 20.2 Å². The van der Waals surface area contributed by atoms with Crippen LogP contribution in [0.2, 0.25) is 0 Å². The summed E-state index contributed by atoms with van der Waals surface area (Å²) >= 11 is 0. The second-order valence-corrected chi connectivity index (χ2v) is 12.0. The topological polar surface area (TPSA) is 115 Å². The first-order valence-corrected chi connectivity index (χ1v) is 14.5. The van der Waals surface area contributed by atoms with Crippen LogP contribution >= 0.6 is 0 Å². The Morgan fingerprint density at radius 2 is 1.89 bits per heavy atom. The number of hydrogen-bond donors (Lipinski definition) is 3. The number of ketones is 1. The minimum Gasteiger partial charge on any atom is -0.511 e. The van der Waals surface area contributed by atoms with Gasteiger partial charge in [0.1, 0.15) is 29.2 Å². The van der Waals surface area contributed by atoms with Crippen LogP contribution in [0.25, 0.3) is 0 Å². The van der Waals surface area contributed by atoms with Gasteiger partial charge in [0.05, 0.1) is 5.41 Å². The number of nitrogens with one attached hydrogen (secondary N) is 2. The maximum absolute atomic E-state index is 13.0. The summed E-state index contributed by atoms with van der Waals surface area (Å²) in [6, 6.07) is 2.82. The lowest BCUT2D eigenvalue weighted by molar-refractivity contribution is -0.131. The smallest absolute Gasteiger partial charge is 0.219 e. The molecule has 0 aromatic carbocycles. The van der Waals surface area contributed by atoms with Crippen molar-refractivity contribution in [2.45, 2.75) is 103 Å². The highest BCUT2D eigenvalue weighted by Crippen LogP contribution is 2.48. The predicted molar refractivity (Wildman–Crippen MR) is 148 cm³/mol. The van der Waals surface area contributed by atoms with E-state index in [1.807, 2.05) is 6.07 Å². The van der Waals surface area contributed by atoms with Crippen LogP contribution < -0.4 is 15.0 Å². The molecule has 38 heavy (non-hydrogen) atoms. The molecule has 0 bridgehead atoms. The van der Waals surface area contributed by atoms with Crippen molar-refractivity contribution in [3.63, 3.8) is 0 Å². The zero-order chi connectivity index (χ0) is 27.0. The van der Waals surface area contributed by atoms with Gasteiger partial charge in [0.25, 0.3) is 0 Å². The highest BCUT2D eigenvalue weighted by Gasteiger charge is 2.47. The molecular formula is C29H44N6O3. The maximum atomic E-state index is 13.0. The summed E-state index contributed by atoms with van der Waals surface area (Å²) in [6.07, 6.45) is 7.13. The number of allylic oxidation sites excluding steroid dienone is 2. The number of Topliss-reactive ketones (excluding diaryl/α,β-unsaturated/α-hetero) is 1. The molecule has 3 fully saturated rings. The Bertz CT molecular complexity index is 1100. The molecule has 2 aliphatic carbocycles. The lowest BCUT2D eigenvalue weighted by atomic mass is 9.64. The molecule has 0 unspecified atom stereocenters. The average Bonchev–Trinajstić information content (AvgIpc) is 3.32. The number of aliphatic hydroxyl groups is 1. The van der Waals surface area contributed by atoms with Crippen LogP contribution in [0.1, 0.15) is 84.4 Å². The fourth-order valence-electron chi connectivity index (χ4n) is 7.14. The zero-order valence-electron chi connectivity index (χ0n) is 23.4. The fraction of sp³-hybridized carbons (Fsp3) is 0.724. The van der Waals surface area contributed by atoms with E-state index in [-0.39, 0.29) is 29.2 Å². The van der Waals surface area contributed by atoms with Crippen LogP contribution in [-0.4, -0.2) is 82.4 Å². The quantitative estimate of drug-likeness (QED) is 0.478. The minimum atomic E-state index is -0.833. The zero-order valence-corrected chi connectivity index (χ0v) is 23.4. The molecule has 1 aromatic rings. The van der Waals surface area contributed by atoms with Gasteiger partial charge in [-0.1, -0.05) is 6.42 Å². The van der Waals surface area contributed by atoms with E-state index in [2.05, 4.69) is 42.9 Å². The molecule has 1 spiro atoms. The molecular weight excluding hydrogens is 480 g/mol. The number of rotatable bonds is 6. The molecule has 4 aliphatic rings. The van der Waals surface area contributed by atoms with Gasteiger partial charge in [-0.2, -0.15) is 4.98 Å². The summed E-state index contributed by atoms with van der Waals surface area (Å²) < 4.78 is 6.42. The maximum Gasteiger partial charge on any atom is 0.219 e. The summed E-state index contributed by atoms with van der Waals surface area (Å²) in [5, 5.41) is 24.1. The fourth-order valence-corrected chi connectivity index (χ4v) is 7.14. The molecule has 5 rings (SSSR count). The number of likely N-dealkylation sites (N-methyl/N-ethyl adjacent to an activating group) is 1. The Hall–Kier alpha value is -2.52. The molecule has 2 saturated heterocycles. The van der Waals surface area contributed by atoms with E-state index in [0.29, 0.717) is 55.3 Å². The lowest BCUT2D eigenvalue weighted by Gasteiger charge is -2.39. The number of carbonyl (C=O) groups is 1. The molecule has 208 valence electrons. The van der Waals surface area contributed by atoms with E-state index in [4.69, 9.17) is 20.1 Å². The Morgan fingerprint density at radius 1 is 1.16 bits per heavy atom. The van der Waals surface area contributed by atoms with Crippen LogP contribution in [0.5, 0.6) is 5.88 Å². The van der Waals surface area contributed by atoms with Gasteiger partial charge in [0, 0.05) is 49.3 Å². The first-order valence-electron chi connectivity index (χ1n) is 14.5. The SMILES string of the molecule is C[C@H](Oc1cc(N2C[C@H](C)N[C@@H](C)C2)nc(C(=N)C2=C(O)[C@]3(CCCCC3=O)CCC2)n1)[C@@H]1CCCN1C. The van der Waals surface area contributed by atoms with Crippen molar-refractivity contribution in [1.29, 1.82) is 5.41 Å². The number of carbonyl (C=O) groups excluding carboxylic acids is 1. The van der Waals surface area contributed by atoms with Gasteiger partial charge in [0.15, 0.2) is 5.82 Å². The van der Waals surface area contributed by atoms with Gasteiger partial charge in [-0.05, 0) is 79.3 Å². The highest BCUT2D eigenvalue weighted by molar-refractivity contribution is 6.09. The van der Waals surface area contributed by atoms with Crippen LogP contribution in [0.4, 0.5) is 5.82 Å². The first-order chi connectivity index (χ1) is 18.2. The van der Waals surface area contributed by atoms with Crippen molar-refractivity contribution in [2.75, 3.05) is 31.6 Å². The number of piperazine rings is 1. The molecule has 5 atom stereocenters. The van der Waals surface area contributed by atoms with Crippen molar-refractivity contribution in [2.24, 2.45) is 5.41 Å². The number of anilines is 1. The Kier molecular flexibility index (Phi) is 7.78. The highest BCUT2D eigenvalue weighted by atomic mass is 16.5. The molecule has 0 radical (unpaired) electrons. The third-order valence-electron chi connectivity index (χ3n) is 9.08. The number of likely N-dealkylation sites (tertiary alicyclic amines) is 1. The van der Waals surface area contributed by atoms with E-state index >= 15 is 0 Å². The van der Waals surface area contributed by atoms with Gasteiger partial charge >= 0.3 is 0 Å². The number of aliphatic hydroxyl groups excluding tert-OH is 1. The largest absolute Gasteiger partial charge is 0.511 e. The molecule has 3 heterocycles. The van der Waals surface area contributed by atoms with Crippen molar-refractivity contribution in [3.05, 3.63) is 23.2 Å². The van der Waals surface area contributed by atoms with E-state index in [0.717, 1.165) is 57.6 Å². The van der Waals surface area contributed by atoms with Crippen LogP contribution in [-0.2, 0) is 4.79 Å². The minimum absolute atomic E-state index is 0.0569. The summed E-state index contributed by atoms with van der Waals surface area (Å²) in [5.41, 5.74) is -0.214. The molecule has 9 nitrogen and oxygen atoms in total. The summed E-state index contributed by atoms with van der Waals surface area (Å²) in [4.78, 5) is 27.1. The van der Waals surface area contributed by atoms with E-state index in [1.165, 1.54) is 0 Å². The van der Waals surface area contributed by atoms with Crippen LogP contribution in [0, 0.1) is 10.8 Å². The van der Waals surface area contributed by atoms with Crippen LogP contribution in [0.15, 0.2) is 17.4 Å². The second kappa shape index (κ2) is 10.9. The van der Waals surface area contributed by atoms with Crippen LogP contribution in [0.3, 0.4) is 0 Å². The monoisotopic (exact) mass is 524 g/mol. The van der Waals surface area contributed by atoms with E-state index < -0.39 is 5.41 Å². The third-order valence-corrected chi connectivity index (χ3v) is 9.08. The van der Waals surface area contributed by atoms with Crippen molar-refractivity contribution in [3.8, 4) is 5.88 Å². The van der Waals surface area contributed by atoms with Gasteiger partial charge in [0.2, 0.25) is 5.88 Å². The summed E-state index contributed by atoms with van der Waals surface area (Å²) in [5.74, 6) is 1.65.